The van der Waals surface area contributed by atoms with Crippen molar-refractivity contribution in [2.75, 3.05) is 0 Å². The summed E-state index contributed by atoms with van der Waals surface area (Å²) in [4.78, 5) is 16.7. The maximum Gasteiger partial charge on any atom is 0.165 e. The molecule has 1 aliphatic carbocycles. The molecule has 0 N–H and O–H groups in total. The lowest BCUT2D eigenvalue weighted by Crippen LogP contribution is -2.24. The van der Waals surface area contributed by atoms with Gasteiger partial charge in [0.25, 0.3) is 0 Å². The van der Waals surface area contributed by atoms with Gasteiger partial charge >= 0.3 is 0 Å². The van der Waals surface area contributed by atoms with Crippen molar-refractivity contribution in [3.8, 4) is 11.4 Å². The minimum atomic E-state index is 0.132. The van der Waals surface area contributed by atoms with E-state index in [4.69, 9.17) is 4.52 Å². The Bertz CT molecular complexity index is 963. The van der Waals surface area contributed by atoms with E-state index in [9.17, 15) is 4.79 Å². The molecule has 3 aromatic heterocycles. The van der Waals surface area contributed by atoms with Gasteiger partial charge in [-0.3, -0.25) is 9.78 Å². The fourth-order valence-corrected chi connectivity index (χ4v) is 4.26. The van der Waals surface area contributed by atoms with Crippen molar-refractivity contribution >= 4 is 5.78 Å². The van der Waals surface area contributed by atoms with Crippen molar-refractivity contribution in [1.29, 1.82) is 0 Å². The first kappa shape index (κ1) is 19.5. The minimum Gasteiger partial charge on any atom is -0.361 e. The molecule has 1 saturated carbocycles. The first-order chi connectivity index (χ1) is 14.1. The smallest absolute Gasteiger partial charge is 0.165 e. The fourth-order valence-electron chi connectivity index (χ4n) is 4.26. The summed E-state index contributed by atoms with van der Waals surface area (Å²) in [6.07, 6.45) is 9.68. The Morgan fingerprint density at radius 3 is 2.86 bits per heavy atom. The van der Waals surface area contributed by atoms with Crippen LogP contribution in [0.2, 0.25) is 0 Å². The van der Waals surface area contributed by atoms with E-state index in [0.29, 0.717) is 36.9 Å². The molecule has 3 heterocycles. The lowest BCUT2D eigenvalue weighted by atomic mass is 9.85. The highest BCUT2D eigenvalue weighted by atomic mass is 16.5. The number of ketones is 1. The Balaban J connectivity index is 1.56. The van der Waals surface area contributed by atoms with Gasteiger partial charge in [-0.05, 0) is 37.8 Å². The second kappa shape index (κ2) is 8.68. The molecule has 0 amide bonds. The molecule has 1 aliphatic rings. The fraction of sp³-hybridized carbons (Fsp3) is 0.500. The van der Waals surface area contributed by atoms with Gasteiger partial charge in [-0.15, -0.1) is 10.2 Å². The average Bonchev–Trinajstić information content (AvgIpc) is 3.33. The summed E-state index contributed by atoms with van der Waals surface area (Å²) in [6.45, 7) is 4.13. The highest BCUT2D eigenvalue weighted by molar-refractivity contribution is 5.80. The Hall–Kier alpha value is -2.83. The van der Waals surface area contributed by atoms with Crippen LogP contribution >= 0.6 is 0 Å². The van der Waals surface area contributed by atoms with Gasteiger partial charge in [0.1, 0.15) is 17.4 Å². The molecule has 3 aromatic rings. The van der Waals surface area contributed by atoms with Crippen LogP contribution in [-0.2, 0) is 17.6 Å². The standard InChI is InChI=1S/C22H27N5O2/c1-15-6-3-4-8-20(15)27-21(24-25-22(27)17-7-5-11-23-14-17)10-9-19(28)13-18-12-16(2)29-26-18/h5,7,11-12,14-15,20H,3-4,6,8-10,13H2,1-2H3. The van der Waals surface area contributed by atoms with E-state index in [0.717, 1.165) is 29.4 Å². The van der Waals surface area contributed by atoms with Crippen LogP contribution in [0.1, 0.15) is 62.3 Å². The molecule has 2 unspecified atom stereocenters. The van der Waals surface area contributed by atoms with E-state index in [1.807, 2.05) is 31.3 Å². The van der Waals surface area contributed by atoms with Crippen LogP contribution in [0.4, 0.5) is 0 Å². The maximum atomic E-state index is 12.5. The second-order valence-electron chi connectivity index (χ2n) is 8.02. The van der Waals surface area contributed by atoms with Gasteiger partial charge in [-0.2, -0.15) is 0 Å². The van der Waals surface area contributed by atoms with Crippen LogP contribution in [0.25, 0.3) is 11.4 Å². The Morgan fingerprint density at radius 2 is 2.14 bits per heavy atom. The number of hydrogen-bond donors (Lipinski definition) is 0. The molecule has 7 heteroatoms. The lowest BCUT2D eigenvalue weighted by molar-refractivity contribution is -0.118. The molecule has 29 heavy (non-hydrogen) atoms. The molecule has 152 valence electrons. The quantitative estimate of drug-likeness (QED) is 0.600. The molecule has 4 rings (SSSR count). The van der Waals surface area contributed by atoms with Crippen molar-refractivity contribution in [1.82, 2.24) is 24.9 Å². The first-order valence-electron chi connectivity index (χ1n) is 10.4. The third kappa shape index (κ3) is 4.44. The highest BCUT2D eigenvalue weighted by Crippen LogP contribution is 2.37. The zero-order valence-corrected chi connectivity index (χ0v) is 17.0. The molecular weight excluding hydrogens is 366 g/mol. The van der Waals surface area contributed by atoms with Gasteiger partial charge in [0.2, 0.25) is 0 Å². The average molecular weight is 393 g/mol. The van der Waals surface area contributed by atoms with Gasteiger partial charge in [0.15, 0.2) is 5.82 Å². The third-order valence-corrected chi connectivity index (χ3v) is 5.77. The number of carbonyl (C=O) groups excluding carboxylic acids is 1. The molecule has 1 fully saturated rings. The summed E-state index contributed by atoms with van der Waals surface area (Å²) in [5.74, 6) is 3.15. The van der Waals surface area contributed by atoms with E-state index in [1.165, 1.54) is 19.3 Å². The summed E-state index contributed by atoms with van der Waals surface area (Å²) in [7, 11) is 0. The number of aromatic nitrogens is 5. The lowest BCUT2D eigenvalue weighted by Gasteiger charge is -2.31. The van der Waals surface area contributed by atoms with Crippen molar-refractivity contribution in [2.24, 2.45) is 5.92 Å². The summed E-state index contributed by atoms with van der Waals surface area (Å²) in [5.41, 5.74) is 1.65. The van der Waals surface area contributed by atoms with Crippen LogP contribution in [0.5, 0.6) is 0 Å². The predicted octanol–water partition coefficient (Wildman–Crippen LogP) is 4.13. The van der Waals surface area contributed by atoms with Crippen LogP contribution in [0.15, 0.2) is 35.1 Å². The van der Waals surface area contributed by atoms with Gasteiger partial charge in [0, 0.05) is 42.9 Å². The van der Waals surface area contributed by atoms with Crippen LogP contribution in [-0.4, -0.2) is 30.7 Å². The molecule has 0 bridgehead atoms. The van der Waals surface area contributed by atoms with Gasteiger partial charge in [-0.25, -0.2) is 0 Å². The number of rotatable bonds is 7. The van der Waals surface area contributed by atoms with Crippen molar-refractivity contribution in [3.05, 3.63) is 47.9 Å². The Labute approximate surface area is 170 Å². The summed E-state index contributed by atoms with van der Waals surface area (Å²) >= 11 is 0. The SMILES string of the molecule is Cc1cc(CC(=O)CCc2nnc(-c3cccnc3)n2C2CCCCC2C)no1. The molecule has 2 atom stereocenters. The number of carbonyl (C=O) groups is 1. The molecule has 0 saturated heterocycles. The van der Waals surface area contributed by atoms with E-state index < -0.39 is 0 Å². The van der Waals surface area contributed by atoms with E-state index in [-0.39, 0.29) is 5.78 Å². The van der Waals surface area contributed by atoms with Crippen molar-refractivity contribution < 1.29 is 9.32 Å². The summed E-state index contributed by atoms with van der Waals surface area (Å²) in [6, 6.07) is 6.10. The highest BCUT2D eigenvalue weighted by Gasteiger charge is 2.28. The third-order valence-electron chi connectivity index (χ3n) is 5.77. The zero-order valence-electron chi connectivity index (χ0n) is 17.0. The van der Waals surface area contributed by atoms with E-state index in [1.54, 1.807) is 6.20 Å². The van der Waals surface area contributed by atoms with Gasteiger partial charge in [-0.1, -0.05) is 24.9 Å². The summed E-state index contributed by atoms with van der Waals surface area (Å²) in [5, 5.41) is 12.9. The van der Waals surface area contributed by atoms with E-state index in [2.05, 4.69) is 31.8 Å². The summed E-state index contributed by atoms with van der Waals surface area (Å²) < 4.78 is 7.33. The maximum absolute atomic E-state index is 12.5. The number of Topliss-reactive ketones (excluding diaryl/α,β-unsaturated/α-hetero) is 1. The van der Waals surface area contributed by atoms with Crippen molar-refractivity contribution in [3.63, 3.8) is 0 Å². The molecule has 0 spiro atoms. The van der Waals surface area contributed by atoms with Crippen LogP contribution < -0.4 is 0 Å². The predicted molar refractivity (Wildman–Crippen MR) is 108 cm³/mol. The Kier molecular flexibility index (Phi) is 5.83. The zero-order chi connectivity index (χ0) is 20.2. The van der Waals surface area contributed by atoms with Crippen molar-refractivity contribution in [2.45, 2.75) is 64.8 Å². The number of aryl methyl sites for hydroxylation is 2. The Morgan fingerprint density at radius 1 is 1.28 bits per heavy atom. The monoisotopic (exact) mass is 393 g/mol. The molecular formula is C22H27N5O2. The number of pyridine rings is 1. The number of nitrogens with zero attached hydrogens (tertiary/aromatic N) is 5. The first-order valence-corrected chi connectivity index (χ1v) is 10.4. The molecule has 7 nitrogen and oxygen atoms in total. The topological polar surface area (TPSA) is 86.7 Å². The van der Waals surface area contributed by atoms with Crippen LogP contribution in [0, 0.1) is 12.8 Å². The van der Waals surface area contributed by atoms with Gasteiger partial charge < -0.3 is 9.09 Å². The molecule has 0 aliphatic heterocycles. The van der Waals surface area contributed by atoms with E-state index >= 15 is 0 Å². The molecule has 0 radical (unpaired) electrons. The van der Waals surface area contributed by atoms with Crippen LogP contribution in [0.3, 0.4) is 0 Å². The largest absolute Gasteiger partial charge is 0.361 e. The molecule has 0 aromatic carbocycles. The normalized spacial score (nSPS) is 19.4. The second-order valence-corrected chi connectivity index (χ2v) is 8.02. The minimum absolute atomic E-state index is 0.132. The number of hydrogen-bond acceptors (Lipinski definition) is 6. The van der Waals surface area contributed by atoms with Gasteiger partial charge in [0.05, 0.1) is 12.1 Å².